The predicted octanol–water partition coefficient (Wildman–Crippen LogP) is 3.01. The van der Waals surface area contributed by atoms with Crippen LogP contribution in [-0.4, -0.2) is 35.1 Å². The highest BCUT2D eigenvalue weighted by atomic mass is 16.7. The van der Waals surface area contributed by atoms with Crippen molar-refractivity contribution >= 4 is 11.9 Å². The molecule has 1 aliphatic heterocycles. The Kier molecular flexibility index (Phi) is 4.91. The van der Waals surface area contributed by atoms with Crippen molar-refractivity contribution in [3.63, 3.8) is 0 Å². The van der Waals surface area contributed by atoms with Gasteiger partial charge < -0.3 is 0 Å². The second kappa shape index (κ2) is 7.27. The number of rotatable bonds is 5. The molecule has 2 aromatic carbocycles. The molecule has 0 aliphatic carbocycles. The Morgan fingerprint density at radius 1 is 1.08 bits per heavy atom. The number of hydrogen-bond acceptors (Lipinski definition) is 3. The first-order chi connectivity index (χ1) is 11.7. The van der Waals surface area contributed by atoms with Crippen LogP contribution in [0.1, 0.15) is 17.5 Å². The zero-order valence-electron chi connectivity index (χ0n) is 13.6. The molecule has 5 heteroatoms. The van der Waals surface area contributed by atoms with E-state index in [0.717, 1.165) is 11.1 Å². The van der Waals surface area contributed by atoms with Crippen molar-refractivity contribution in [2.24, 2.45) is 0 Å². The SMILES string of the molecule is CON(Cc1ccccc1)C(=O)N1C(=O)C[C@@H]1Cc1ccccc1. The topological polar surface area (TPSA) is 49.9 Å². The molecular formula is C19H20N2O3. The summed E-state index contributed by atoms with van der Waals surface area (Å²) in [4.78, 5) is 31.2. The summed E-state index contributed by atoms with van der Waals surface area (Å²) in [6, 6.07) is 18.9. The number of imide groups is 1. The fourth-order valence-corrected chi connectivity index (χ4v) is 2.87. The number of β-lactam (4-membered cyclic amide) rings is 1. The Balaban J connectivity index is 1.68. The van der Waals surface area contributed by atoms with Gasteiger partial charge in [-0.15, -0.1) is 0 Å². The Hall–Kier alpha value is -2.66. The second-order valence-electron chi connectivity index (χ2n) is 5.80. The van der Waals surface area contributed by atoms with Crippen LogP contribution < -0.4 is 0 Å². The molecule has 1 saturated heterocycles. The number of hydroxylamine groups is 2. The van der Waals surface area contributed by atoms with E-state index in [2.05, 4.69) is 0 Å². The second-order valence-corrected chi connectivity index (χ2v) is 5.80. The fraction of sp³-hybridized carbons (Fsp3) is 0.263. The average Bonchev–Trinajstić information content (AvgIpc) is 2.60. The van der Waals surface area contributed by atoms with Gasteiger partial charge in [0.15, 0.2) is 0 Å². The van der Waals surface area contributed by atoms with E-state index in [1.807, 2.05) is 60.7 Å². The van der Waals surface area contributed by atoms with Crippen LogP contribution in [0.25, 0.3) is 0 Å². The van der Waals surface area contributed by atoms with Gasteiger partial charge in [-0.25, -0.2) is 4.79 Å². The number of carbonyl (C=O) groups is 2. The zero-order valence-corrected chi connectivity index (χ0v) is 13.6. The number of nitrogens with zero attached hydrogens (tertiary/aromatic N) is 2. The van der Waals surface area contributed by atoms with Gasteiger partial charge in [-0.3, -0.25) is 14.5 Å². The highest BCUT2D eigenvalue weighted by molar-refractivity contribution is 5.99. The standard InChI is InChI=1S/C19H20N2O3/c1-24-20(14-16-10-6-3-7-11-16)19(23)21-17(13-18(21)22)12-15-8-4-2-5-9-15/h2-11,17H,12-14H2,1H3/t17-/m0/s1. The molecular weight excluding hydrogens is 304 g/mol. The average molecular weight is 324 g/mol. The van der Waals surface area contributed by atoms with Crippen molar-refractivity contribution in [1.82, 2.24) is 9.96 Å². The summed E-state index contributed by atoms with van der Waals surface area (Å²) in [6.07, 6.45) is 1.06. The van der Waals surface area contributed by atoms with Crippen molar-refractivity contribution < 1.29 is 14.4 Å². The summed E-state index contributed by atoms with van der Waals surface area (Å²) >= 11 is 0. The lowest BCUT2D eigenvalue weighted by Crippen LogP contribution is -2.60. The van der Waals surface area contributed by atoms with Crippen molar-refractivity contribution in [2.45, 2.75) is 25.4 Å². The van der Waals surface area contributed by atoms with Gasteiger partial charge in [-0.05, 0) is 17.5 Å². The lowest BCUT2D eigenvalue weighted by atomic mass is 9.95. The van der Waals surface area contributed by atoms with E-state index in [1.54, 1.807) is 0 Å². The molecule has 1 heterocycles. The van der Waals surface area contributed by atoms with Crippen LogP contribution in [0.15, 0.2) is 60.7 Å². The van der Waals surface area contributed by atoms with Crippen molar-refractivity contribution in [3.8, 4) is 0 Å². The molecule has 0 bridgehead atoms. The maximum atomic E-state index is 12.7. The van der Waals surface area contributed by atoms with Crippen LogP contribution in [-0.2, 0) is 22.6 Å². The Morgan fingerprint density at radius 2 is 1.67 bits per heavy atom. The van der Waals surface area contributed by atoms with E-state index in [-0.39, 0.29) is 11.9 Å². The van der Waals surface area contributed by atoms with Crippen LogP contribution in [0, 0.1) is 0 Å². The van der Waals surface area contributed by atoms with Gasteiger partial charge in [0, 0.05) is 6.42 Å². The van der Waals surface area contributed by atoms with Crippen LogP contribution in [0.3, 0.4) is 0 Å². The molecule has 1 atom stereocenters. The summed E-state index contributed by atoms with van der Waals surface area (Å²) in [5, 5.41) is 1.23. The van der Waals surface area contributed by atoms with Gasteiger partial charge in [0.05, 0.1) is 19.7 Å². The molecule has 0 aromatic heterocycles. The number of likely N-dealkylation sites (tertiary alicyclic amines) is 1. The molecule has 24 heavy (non-hydrogen) atoms. The number of amides is 3. The molecule has 124 valence electrons. The van der Waals surface area contributed by atoms with E-state index in [4.69, 9.17) is 4.84 Å². The lowest BCUT2D eigenvalue weighted by molar-refractivity contribution is -0.150. The lowest BCUT2D eigenvalue weighted by Gasteiger charge is -2.40. The summed E-state index contributed by atoms with van der Waals surface area (Å²) in [6.45, 7) is 0.304. The first-order valence-electron chi connectivity index (χ1n) is 7.94. The summed E-state index contributed by atoms with van der Waals surface area (Å²) in [5.74, 6) is -0.156. The van der Waals surface area contributed by atoms with Crippen molar-refractivity contribution in [2.75, 3.05) is 7.11 Å². The molecule has 0 unspecified atom stereocenters. The molecule has 3 rings (SSSR count). The molecule has 1 fully saturated rings. The van der Waals surface area contributed by atoms with Gasteiger partial charge in [0.25, 0.3) is 0 Å². The molecule has 0 radical (unpaired) electrons. The Bertz CT molecular complexity index is 703. The quantitative estimate of drug-likeness (QED) is 0.627. The Morgan fingerprint density at radius 3 is 2.21 bits per heavy atom. The van der Waals surface area contributed by atoms with Crippen LogP contribution in [0.4, 0.5) is 4.79 Å². The maximum Gasteiger partial charge on any atom is 0.351 e. The van der Waals surface area contributed by atoms with Crippen LogP contribution >= 0.6 is 0 Å². The number of carbonyl (C=O) groups excluding carboxylic acids is 2. The third kappa shape index (κ3) is 3.46. The van der Waals surface area contributed by atoms with Crippen molar-refractivity contribution in [1.29, 1.82) is 0 Å². The van der Waals surface area contributed by atoms with E-state index in [1.165, 1.54) is 17.1 Å². The third-order valence-corrected chi connectivity index (χ3v) is 4.17. The van der Waals surface area contributed by atoms with Gasteiger partial charge in [0.1, 0.15) is 0 Å². The number of urea groups is 1. The van der Waals surface area contributed by atoms with Crippen LogP contribution in [0.2, 0.25) is 0 Å². The van der Waals surface area contributed by atoms with Crippen molar-refractivity contribution in [3.05, 3.63) is 71.8 Å². The number of benzene rings is 2. The minimum absolute atomic E-state index is 0.110. The van der Waals surface area contributed by atoms with Gasteiger partial charge in [-0.1, -0.05) is 60.7 Å². The van der Waals surface area contributed by atoms with E-state index >= 15 is 0 Å². The third-order valence-electron chi connectivity index (χ3n) is 4.17. The molecule has 5 nitrogen and oxygen atoms in total. The highest BCUT2D eigenvalue weighted by Crippen LogP contribution is 2.25. The maximum absolute atomic E-state index is 12.7. The van der Waals surface area contributed by atoms with Crippen LogP contribution in [0.5, 0.6) is 0 Å². The smallest absolute Gasteiger partial charge is 0.274 e. The van der Waals surface area contributed by atoms with E-state index in [0.29, 0.717) is 19.4 Å². The molecule has 3 amide bonds. The first-order valence-corrected chi connectivity index (χ1v) is 7.94. The van der Waals surface area contributed by atoms with E-state index in [9.17, 15) is 9.59 Å². The fourth-order valence-electron chi connectivity index (χ4n) is 2.87. The van der Waals surface area contributed by atoms with Gasteiger partial charge in [-0.2, -0.15) is 5.06 Å². The summed E-state index contributed by atoms with van der Waals surface area (Å²) in [7, 11) is 1.44. The summed E-state index contributed by atoms with van der Waals surface area (Å²) in [5.41, 5.74) is 2.06. The first kappa shape index (κ1) is 16.2. The molecule has 0 saturated carbocycles. The highest BCUT2D eigenvalue weighted by Gasteiger charge is 2.42. The van der Waals surface area contributed by atoms with Gasteiger partial charge >= 0.3 is 6.03 Å². The normalized spacial score (nSPS) is 16.6. The largest absolute Gasteiger partial charge is 0.351 e. The number of hydrogen-bond donors (Lipinski definition) is 0. The molecule has 0 spiro atoms. The van der Waals surface area contributed by atoms with Gasteiger partial charge in [0.2, 0.25) is 5.91 Å². The summed E-state index contributed by atoms with van der Waals surface area (Å²) < 4.78 is 0. The molecule has 2 aromatic rings. The Labute approximate surface area is 141 Å². The van der Waals surface area contributed by atoms with E-state index < -0.39 is 6.03 Å². The molecule has 0 N–H and O–H groups in total. The monoisotopic (exact) mass is 324 g/mol. The predicted molar refractivity (Wildman–Crippen MR) is 89.8 cm³/mol. The minimum atomic E-state index is -0.404. The molecule has 1 aliphatic rings. The minimum Gasteiger partial charge on any atom is -0.274 e. The zero-order chi connectivity index (χ0) is 16.9.